The number of carbonyl (C=O) groups is 1. The second-order valence-corrected chi connectivity index (χ2v) is 6.89. The van der Waals surface area contributed by atoms with Crippen LogP contribution in [0.15, 0.2) is 72.5 Å². The van der Waals surface area contributed by atoms with Gasteiger partial charge in [0.2, 0.25) is 0 Å². The maximum Gasteiger partial charge on any atom is 0.314 e. The molecule has 1 aliphatic heterocycles. The zero-order chi connectivity index (χ0) is 19.1. The summed E-state index contributed by atoms with van der Waals surface area (Å²) in [7, 11) is 3.09. The SMILES string of the molecule is COC=C1CCN(Cc2ccccc2)C(Cc2ccccc2)C1C(=O)OC. The highest BCUT2D eigenvalue weighted by molar-refractivity contribution is 5.77. The summed E-state index contributed by atoms with van der Waals surface area (Å²) in [4.78, 5) is 15.1. The Kier molecular flexibility index (Phi) is 6.66. The lowest BCUT2D eigenvalue weighted by molar-refractivity contribution is -0.147. The Labute approximate surface area is 161 Å². The molecule has 1 heterocycles. The number of methoxy groups -OCH3 is 2. The summed E-state index contributed by atoms with van der Waals surface area (Å²) in [5.74, 6) is -0.524. The van der Waals surface area contributed by atoms with E-state index in [0.717, 1.165) is 31.5 Å². The van der Waals surface area contributed by atoms with Crippen LogP contribution in [0.3, 0.4) is 0 Å². The largest absolute Gasteiger partial charge is 0.504 e. The van der Waals surface area contributed by atoms with Crippen molar-refractivity contribution in [1.29, 1.82) is 0 Å². The first kappa shape index (κ1) is 19.2. The molecule has 2 aromatic rings. The van der Waals surface area contributed by atoms with Crippen LogP contribution in [0.5, 0.6) is 0 Å². The first-order valence-electron chi connectivity index (χ1n) is 9.34. The highest BCUT2D eigenvalue weighted by Gasteiger charge is 2.40. The van der Waals surface area contributed by atoms with Crippen molar-refractivity contribution in [1.82, 2.24) is 4.90 Å². The Morgan fingerprint density at radius 2 is 1.67 bits per heavy atom. The van der Waals surface area contributed by atoms with Crippen molar-refractivity contribution < 1.29 is 14.3 Å². The van der Waals surface area contributed by atoms with Gasteiger partial charge in [0.1, 0.15) is 0 Å². The molecule has 4 nitrogen and oxygen atoms in total. The van der Waals surface area contributed by atoms with Crippen LogP contribution in [-0.2, 0) is 27.2 Å². The second kappa shape index (κ2) is 9.38. The van der Waals surface area contributed by atoms with Gasteiger partial charge in [-0.25, -0.2) is 0 Å². The number of piperidine rings is 1. The molecule has 0 N–H and O–H groups in total. The van der Waals surface area contributed by atoms with Gasteiger partial charge in [0, 0.05) is 19.1 Å². The van der Waals surface area contributed by atoms with Crippen molar-refractivity contribution in [2.45, 2.75) is 25.4 Å². The molecule has 27 heavy (non-hydrogen) atoms. The van der Waals surface area contributed by atoms with Crippen LogP contribution in [0, 0.1) is 5.92 Å². The zero-order valence-corrected chi connectivity index (χ0v) is 16.0. The molecule has 0 amide bonds. The second-order valence-electron chi connectivity index (χ2n) is 6.89. The molecular weight excluding hydrogens is 338 g/mol. The van der Waals surface area contributed by atoms with E-state index in [-0.39, 0.29) is 17.9 Å². The molecule has 0 bridgehead atoms. The Morgan fingerprint density at radius 1 is 1.04 bits per heavy atom. The van der Waals surface area contributed by atoms with Gasteiger partial charge < -0.3 is 9.47 Å². The van der Waals surface area contributed by atoms with E-state index < -0.39 is 0 Å². The predicted molar refractivity (Wildman–Crippen MR) is 106 cm³/mol. The van der Waals surface area contributed by atoms with Gasteiger partial charge in [-0.15, -0.1) is 0 Å². The van der Waals surface area contributed by atoms with E-state index in [1.165, 1.54) is 18.2 Å². The van der Waals surface area contributed by atoms with Crippen molar-refractivity contribution in [3.63, 3.8) is 0 Å². The highest BCUT2D eigenvalue weighted by Crippen LogP contribution is 2.33. The summed E-state index contributed by atoms with van der Waals surface area (Å²) in [5, 5.41) is 0. The number of benzene rings is 2. The third kappa shape index (κ3) is 4.77. The number of carbonyl (C=O) groups excluding carboxylic acids is 1. The van der Waals surface area contributed by atoms with Crippen LogP contribution in [0.25, 0.3) is 0 Å². The fourth-order valence-electron chi connectivity index (χ4n) is 3.89. The number of hydrogen-bond donors (Lipinski definition) is 0. The number of rotatable bonds is 6. The van der Waals surface area contributed by atoms with E-state index in [0.29, 0.717) is 0 Å². The third-order valence-corrected chi connectivity index (χ3v) is 5.18. The molecule has 142 valence electrons. The monoisotopic (exact) mass is 365 g/mol. The van der Waals surface area contributed by atoms with Crippen molar-refractivity contribution in [2.24, 2.45) is 5.92 Å². The van der Waals surface area contributed by atoms with E-state index in [1.807, 2.05) is 24.3 Å². The Hall–Kier alpha value is -2.59. The molecule has 2 aromatic carbocycles. The maximum absolute atomic E-state index is 12.7. The number of likely N-dealkylation sites (tertiary alicyclic amines) is 1. The van der Waals surface area contributed by atoms with Crippen molar-refractivity contribution in [3.8, 4) is 0 Å². The third-order valence-electron chi connectivity index (χ3n) is 5.18. The van der Waals surface area contributed by atoms with Crippen LogP contribution in [0.4, 0.5) is 0 Å². The normalized spacial score (nSPS) is 21.8. The Bertz CT molecular complexity index is 758. The van der Waals surface area contributed by atoms with Gasteiger partial charge in [-0.3, -0.25) is 9.69 Å². The molecule has 1 saturated heterocycles. The van der Waals surface area contributed by atoms with Crippen LogP contribution < -0.4 is 0 Å². The molecule has 0 saturated carbocycles. The van der Waals surface area contributed by atoms with E-state index >= 15 is 0 Å². The van der Waals surface area contributed by atoms with Crippen molar-refractivity contribution >= 4 is 5.97 Å². The van der Waals surface area contributed by atoms with Crippen LogP contribution in [0.2, 0.25) is 0 Å². The minimum atomic E-state index is -0.326. The molecule has 2 unspecified atom stereocenters. The van der Waals surface area contributed by atoms with E-state index in [4.69, 9.17) is 9.47 Å². The predicted octanol–water partition coefficient (Wildman–Crippen LogP) is 3.82. The van der Waals surface area contributed by atoms with Gasteiger partial charge in [0.15, 0.2) is 0 Å². The molecule has 4 heteroatoms. The van der Waals surface area contributed by atoms with Gasteiger partial charge in [0.05, 0.1) is 26.4 Å². The fraction of sp³-hybridized carbons (Fsp3) is 0.348. The fourth-order valence-corrected chi connectivity index (χ4v) is 3.89. The number of hydrogen-bond acceptors (Lipinski definition) is 4. The van der Waals surface area contributed by atoms with Crippen LogP contribution >= 0.6 is 0 Å². The van der Waals surface area contributed by atoms with Crippen LogP contribution in [-0.4, -0.2) is 37.7 Å². The summed E-state index contributed by atoms with van der Waals surface area (Å²) < 4.78 is 10.4. The number of esters is 1. The molecule has 3 rings (SSSR count). The van der Waals surface area contributed by atoms with E-state index in [1.54, 1.807) is 13.4 Å². The van der Waals surface area contributed by atoms with Crippen LogP contribution in [0.1, 0.15) is 17.5 Å². The zero-order valence-electron chi connectivity index (χ0n) is 16.0. The first-order valence-corrected chi connectivity index (χ1v) is 9.34. The maximum atomic E-state index is 12.7. The number of nitrogens with zero attached hydrogens (tertiary/aromatic N) is 1. The molecule has 0 aliphatic carbocycles. The molecular formula is C23H27NO3. The number of ether oxygens (including phenoxy) is 2. The first-order chi connectivity index (χ1) is 13.2. The average Bonchev–Trinajstić information content (AvgIpc) is 2.71. The van der Waals surface area contributed by atoms with Gasteiger partial charge in [0.25, 0.3) is 0 Å². The summed E-state index contributed by atoms with van der Waals surface area (Å²) in [6.45, 7) is 1.70. The van der Waals surface area contributed by atoms with Gasteiger partial charge >= 0.3 is 5.97 Å². The van der Waals surface area contributed by atoms with Crippen molar-refractivity contribution in [3.05, 3.63) is 83.6 Å². The quantitative estimate of drug-likeness (QED) is 0.576. The minimum absolute atomic E-state index is 0.0233. The van der Waals surface area contributed by atoms with Crippen molar-refractivity contribution in [2.75, 3.05) is 20.8 Å². The molecule has 1 aliphatic rings. The molecule has 1 fully saturated rings. The molecule has 0 radical (unpaired) electrons. The Balaban J connectivity index is 1.93. The summed E-state index contributed by atoms with van der Waals surface area (Å²) in [6, 6.07) is 20.7. The lowest BCUT2D eigenvalue weighted by Gasteiger charge is -2.41. The lowest BCUT2D eigenvalue weighted by Crippen LogP contribution is -2.50. The highest BCUT2D eigenvalue weighted by atomic mass is 16.5. The summed E-state index contributed by atoms with van der Waals surface area (Å²) in [5.41, 5.74) is 3.47. The topological polar surface area (TPSA) is 38.8 Å². The van der Waals surface area contributed by atoms with E-state index in [9.17, 15) is 4.79 Å². The van der Waals surface area contributed by atoms with Gasteiger partial charge in [-0.1, -0.05) is 60.7 Å². The molecule has 0 aromatic heterocycles. The minimum Gasteiger partial charge on any atom is -0.504 e. The smallest absolute Gasteiger partial charge is 0.314 e. The van der Waals surface area contributed by atoms with E-state index in [2.05, 4.69) is 41.3 Å². The molecule has 0 spiro atoms. The lowest BCUT2D eigenvalue weighted by atomic mass is 9.81. The summed E-state index contributed by atoms with van der Waals surface area (Å²) in [6.07, 6.45) is 3.31. The summed E-state index contributed by atoms with van der Waals surface area (Å²) >= 11 is 0. The van der Waals surface area contributed by atoms with Gasteiger partial charge in [-0.2, -0.15) is 0 Å². The Morgan fingerprint density at radius 3 is 2.26 bits per heavy atom. The standard InChI is InChI=1S/C23H27NO3/c1-26-17-20-13-14-24(16-19-11-7-4-8-12-19)21(22(20)23(25)27-2)15-18-9-5-3-6-10-18/h3-12,17,21-22H,13-16H2,1-2H3. The average molecular weight is 365 g/mol. The van der Waals surface area contributed by atoms with Gasteiger partial charge in [-0.05, 0) is 29.5 Å². The molecule has 2 atom stereocenters.